The van der Waals surface area contributed by atoms with Gasteiger partial charge in [0.25, 0.3) is 10.1 Å². The molecular weight excluding hydrogens is 230 g/mol. The molecule has 0 fully saturated rings. The first-order valence-electron chi connectivity index (χ1n) is 4.91. The highest BCUT2D eigenvalue weighted by Gasteiger charge is 2.29. The number of methoxy groups -OCH3 is 1. The van der Waals surface area contributed by atoms with Crippen molar-refractivity contribution >= 4 is 10.1 Å². The lowest BCUT2D eigenvalue weighted by atomic mass is 10.2. The van der Waals surface area contributed by atoms with Crippen LogP contribution in [0.4, 0.5) is 0 Å². The van der Waals surface area contributed by atoms with Crippen LogP contribution in [0, 0.1) is 0 Å². The molecule has 1 heterocycles. The van der Waals surface area contributed by atoms with E-state index in [1.807, 2.05) is 0 Å². The second kappa shape index (κ2) is 4.03. The first-order valence-corrected chi connectivity index (χ1v) is 6.73. The van der Waals surface area contributed by atoms with E-state index >= 15 is 0 Å². The highest BCUT2D eigenvalue weighted by Crippen LogP contribution is 2.37. The standard InChI is InChI=1S/C10H13NO4S/c1-14-8-5-6-11-10-7(8)3-4-9(10)15-16(2,12)13/h5-6,9H,3-4H2,1-2H3. The number of nitrogens with zero attached hydrogens (tertiary/aromatic N) is 1. The molecular formula is C10H13NO4S. The Morgan fingerprint density at radius 1 is 1.50 bits per heavy atom. The third kappa shape index (κ3) is 2.17. The number of aromatic nitrogens is 1. The first kappa shape index (κ1) is 11.3. The monoisotopic (exact) mass is 243 g/mol. The van der Waals surface area contributed by atoms with Crippen LogP contribution < -0.4 is 4.74 Å². The Morgan fingerprint density at radius 2 is 2.25 bits per heavy atom. The molecule has 16 heavy (non-hydrogen) atoms. The van der Waals surface area contributed by atoms with Gasteiger partial charge in [0.2, 0.25) is 0 Å². The van der Waals surface area contributed by atoms with Crippen LogP contribution in [0.5, 0.6) is 5.75 Å². The third-order valence-electron chi connectivity index (χ3n) is 2.52. The van der Waals surface area contributed by atoms with Gasteiger partial charge >= 0.3 is 0 Å². The summed E-state index contributed by atoms with van der Waals surface area (Å²) >= 11 is 0. The van der Waals surface area contributed by atoms with Crippen LogP contribution in [0.25, 0.3) is 0 Å². The van der Waals surface area contributed by atoms with Crippen molar-refractivity contribution in [3.05, 3.63) is 23.5 Å². The summed E-state index contributed by atoms with van der Waals surface area (Å²) in [5, 5.41) is 0. The van der Waals surface area contributed by atoms with E-state index in [4.69, 9.17) is 8.92 Å². The van der Waals surface area contributed by atoms with Crippen molar-refractivity contribution in [1.29, 1.82) is 0 Å². The molecule has 0 saturated heterocycles. The van der Waals surface area contributed by atoms with Gasteiger partial charge in [0, 0.05) is 11.8 Å². The zero-order chi connectivity index (χ0) is 11.8. The van der Waals surface area contributed by atoms with Crippen molar-refractivity contribution in [2.24, 2.45) is 0 Å². The second-order valence-corrected chi connectivity index (χ2v) is 5.31. The molecule has 0 aromatic carbocycles. The van der Waals surface area contributed by atoms with E-state index in [-0.39, 0.29) is 0 Å². The lowest BCUT2D eigenvalue weighted by Gasteiger charge is -2.10. The minimum Gasteiger partial charge on any atom is -0.496 e. The quantitative estimate of drug-likeness (QED) is 0.742. The molecule has 88 valence electrons. The maximum atomic E-state index is 11.1. The summed E-state index contributed by atoms with van der Waals surface area (Å²) in [5.41, 5.74) is 1.61. The lowest BCUT2D eigenvalue weighted by Crippen LogP contribution is -2.09. The molecule has 2 rings (SSSR count). The summed E-state index contributed by atoms with van der Waals surface area (Å²) in [5.74, 6) is 0.740. The Kier molecular flexibility index (Phi) is 2.86. The molecule has 0 spiro atoms. The molecule has 1 aliphatic rings. The Bertz CT molecular complexity index is 498. The SMILES string of the molecule is COc1ccnc2c1CCC2OS(C)(=O)=O. The topological polar surface area (TPSA) is 65.5 Å². The number of rotatable bonds is 3. The average Bonchev–Trinajstić information content (AvgIpc) is 2.59. The summed E-state index contributed by atoms with van der Waals surface area (Å²) in [6.07, 6.45) is 3.52. The van der Waals surface area contributed by atoms with Gasteiger partial charge in [0.1, 0.15) is 11.9 Å². The number of ether oxygens (including phenoxy) is 1. The van der Waals surface area contributed by atoms with Gasteiger partial charge < -0.3 is 4.74 Å². The fourth-order valence-corrected chi connectivity index (χ4v) is 2.54. The van der Waals surface area contributed by atoms with Gasteiger partial charge in [-0.1, -0.05) is 0 Å². The molecule has 0 aliphatic heterocycles. The van der Waals surface area contributed by atoms with E-state index in [0.717, 1.165) is 24.0 Å². The molecule has 6 heteroatoms. The van der Waals surface area contributed by atoms with Gasteiger partial charge in [-0.05, 0) is 18.9 Å². The lowest BCUT2D eigenvalue weighted by molar-refractivity contribution is 0.213. The number of hydrogen-bond donors (Lipinski definition) is 0. The molecule has 0 saturated carbocycles. The van der Waals surface area contributed by atoms with Crippen LogP contribution in [0.2, 0.25) is 0 Å². The first-order chi connectivity index (χ1) is 7.51. The zero-order valence-corrected chi connectivity index (χ0v) is 9.95. The molecule has 0 N–H and O–H groups in total. The Morgan fingerprint density at radius 3 is 2.88 bits per heavy atom. The van der Waals surface area contributed by atoms with E-state index in [2.05, 4.69) is 4.98 Å². The van der Waals surface area contributed by atoms with Gasteiger partial charge in [0.05, 0.1) is 19.1 Å². The normalized spacial score (nSPS) is 19.5. The summed E-state index contributed by atoms with van der Waals surface area (Å²) < 4.78 is 32.3. The highest BCUT2D eigenvalue weighted by molar-refractivity contribution is 7.86. The zero-order valence-electron chi connectivity index (χ0n) is 9.13. The minimum atomic E-state index is -3.45. The number of pyridine rings is 1. The summed E-state index contributed by atoms with van der Waals surface area (Å²) in [6.45, 7) is 0. The van der Waals surface area contributed by atoms with Crippen molar-refractivity contribution in [2.75, 3.05) is 13.4 Å². The Labute approximate surface area is 94.5 Å². The molecule has 0 radical (unpaired) electrons. The molecule has 0 bridgehead atoms. The van der Waals surface area contributed by atoms with E-state index in [1.54, 1.807) is 19.4 Å². The van der Waals surface area contributed by atoms with Crippen LogP contribution in [0.1, 0.15) is 23.8 Å². The van der Waals surface area contributed by atoms with Crippen molar-refractivity contribution in [2.45, 2.75) is 18.9 Å². The summed E-state index contributed by atoms with van der Waals surface area (Å²) in [7, 11) is -1.87. The van der Waals surface area contributed by atoms with E-state index in [9.17, 15) is 8.42 Å². The number of fused-ring (bicyclic) bond motifs is 1. The highest BCUT2D eigenvalue weighted by atomic mass is 32.2. The van der Waals surface area contributed by atoms with Gasteiger partial charge in [-0.15, -0.1) is 0 Å². The van der Waals surface area contributed by atoms with Crippen LogP contribution >= 0.6 is 0 Å². The summed E-state index contributed by atoms with van der Waals surface area (Å²) in [4.78, 5) is 4.16. The molecule has 1 atom stereocenters. The smallest absolute Gasteiger partial charge is 0.265 e. The van der Waals surface area contributed by atoms with Crippen LogP contribution in [0.3, 0.4) is 0 Å². The molecule has 1 aromatic heterocycles. The molecule has 1 unspecified atom stereocenters. The maximum Gasteiger partial charge on any atom is 0.265 e. The minimum absolute atomic E-state index is 0.472. The molecule has 1 aliphatic carbocycles. The van der Waals surface area contributed by atoms with E-state index in [1.165, 1.54) is 0 Å². The van der Waals surface area contributed by atoms with E-state index < -0.39 is 16.2 Å². The van der Waals surface area contributed by atoms with Gasteiger partial charge in [-0.2, -0.15) is 8.42 Å². The largest absolute Gasteiger partial charge is 0.496 e. The van der Waals surface area contributed by atoms with Crippen molar-refractivity contribution in [1.82, 2.24) is 4.98 Å². The fraction of sp³-hybridized carbons (Fsp3) is 0.500. The van der Waals surface area contributed by atoms with Crippen LogP contribution in [-0.2, 0) is 20.7 Å². The maximum absolute atomic E-state index is 11.1. The van der Waals surface area contributed by atoms with Crippen LogP contribution in [-0.4, -0.2) is 26.8 Å². The van der Waals surface area contributed by atoms with E-state index in [0.29, 0.717) is 12.1 Å². The summed E-state index contributed by atoms with van der Waals surface area (Å²) in [6, 6.07) is 1.77. The van der Waals surface area contributed by atoms with Crippen molar-refractivity contribution in [3.63, 3.8) is 0 Å². The fourth-order valence-electron chi connectivity index (χ4n) is 1.93. The predicted octanol–water partition coefficient (Wildman–Crippen LogP) is 1.05. The Hall–Kier alpha value is -1.14. The molecule has 0 amide bonds. The molecule has 5 nitrogen and oxygen atoms in total. The third-order valence-corrected chi connectivity index (χ3v) is 3.10. The second-order valence-electron chi connectivity index (χ2n) is 3.70. The van der Waals surface area contributed by atoms with Gasteiger partial charge in [-0.25, -0.2) is 0 Å². The Balaban J connectivity index is 2.33. The average molecular weight is 243 g/mol. The molecule has 1 aromatic rings. The number of hydrogen-bond acceptors (Lipinski definition) is 5. The van der Waals surface area contributed by atoms with Gasteiger partial charge in [0.15, 0.2) is 0 Å². The van der Waals surface area contributed by atoms with Crippen molar-refractivity contribution < 1.29 is 17.3 Å². The predicted molar refractivity (Wildman–Crippen MR) is 57.8 cm³/mol. The van der Waals surface area contributed by atoms with Crippen molar-refractivity contribution in [3.8, 4) is 5.75 Å². The van der Waals surface area contributed by atoms with Crippen LogP contribution in [0.15, 0.2) is 12.3 Å². The van der Waals surface area contributed by atoms with Gasteiger partial charge in [-0.3, -0.25) is 9.17 Å².